The van der Waals surface area contributed by atoms with Crippen molar-refractivity contribution in [2.24, 2.45) is 4.99 Å². The van der Waals surface area contributed by atoms with Crippen LogP contribution in [0.5, 0.6) is 0 Å². The largest absolute Gasteiger partial charge is 0.372 e. The van der Waals surface area contributed by atoms with Crippen molar-refractivity contribution < 1.29 is 18.7 Å². The molecule has 5 rings (SSSR count). The summed E-state index contributed by atoms with van der Waals surface area (Å²) in [5.74, 6) is -0.959. The summed E-state index contributed by atoms with van der Waals surface area (Å²) in [7, 11) is 0. The van der Waals surface area contributed by atoms with Gasteiger partial charge in [0.25, 0.3) is 11.8 Å². The molecule has 0 spiro atoms. The lowest BCUT2D eigenvalue weighted by Crippen LogP contribution is -2.47. The predicted octanol–water partition coefficient (Wildman–Crippen LogP) is 3.82. The quantitative estimate of drug-likeness (QED) is 0.650. The van der Waals surface area contributed by atoms with Crippen LogP contribution in [0.3, 0.4) is 0 Å². The lowest BCUT2D eigenvalue weighted by atomic mass is 10.1. The standard InChI is InChI=1S/C24H22FN3O3S/c1-14-11-27(12-15(2)31-14)24-26-22(29)21(32-24)20-18-5-3-4-6-19(18)28(23(20)30)13-16-7-9-17(25)10-8-16/h3-10,14-15H,11-13H2,1-2H3/b21-20-/t14-,15+. The van der Waals surface area contributed by atoms with Gasteiger partial charge in [-0.3, -0.25) is 9.59 Å². The molecule has 2 aromatic carbocycles. The number of fused-ring (bicyclic) bond motifs is 1. The molecule has 164 valence electrons. The van der Waals surface area contributed by atoms with Gasteiger partial charge in [0.15, 0.2) is 5.17 Å². The van der Waals surface area contributed by atoms with E-state index < -0.39 is 5.91 Å². The van der Waals surface area contributed by atoms with Gasteiger partial charge in [0.05, 0.1) is 34.9 Å². The number of halogens is 1. The highest BCUT2D eigenvalue weighted by molar-refractivity contribution is 8.18. The molecule has 0 radical (unpaired) electrons. The van der Waals surface area contributed by atoms with E-state index >= 15 is 0 Å². The molecule has 0 saturated carbocycles. The van der Waals surface area contributed by atoms with Crippen molar-refractivity contribution in [3.63, 3.8) is 0 Å². The number of amidine groups is 1. The van der Waals surface area contributed by atoms with Crippen molar-refractivity contribution in [1.29, 1.82) is 0 Å². The van der Waals surface area contributed by atoms with E-state index in [4.69, 9.17) is 4.74 Å². The van der Waals surface area contributed by atoms with E-state index in [1.165, 1.54) is 23.9 Å². The van der Waals surface area contributed by atoms with Gasteiger partial charge >= 0.3 is 0 Å². The van der Waals surface area contributed by atoms with Crippen LogP contribution in [0.2, 0.25) is 0 Å². The number of carbonyl (C=O) groups is 2. The normalized spacial score (nSPS) is 25.4. The molecule has 2 atom stereocenters. The second kappa shape index (κ2) is 8.18. The Morgan fingerprint density at radius 2 is 1.75 bits per heavy atom. The molecule has 0 unspecified atom stereocenters. The third kappa shape index (κ3) is 3.73. The van der Waals surface area contributed by atoms with Crippen LogP contribution in [0.1, 0.15) is 25.0 Å². The maximum atomic E-state index is 13.5. The van der Waals surface area contributed by atoms with Crippen molar-refractivity contribution in [2.75, 3.05) is 18.0 Å². The fourth-order valence-corrected chi connectivity index (χ4v) is 5.37. The Labute approximate surface area is 189 Å². The average molecular weight is 452 g/mol. The van der Waals surface area contributed by atoms with E-state index in [1.54, 1.807) is 17.0 Å². The summed E-state index contributed by atoms with van der Waals surface area (Å²) in [6.07, 6.45) is 0.0720. The smallest absolute Gasteiger partial charge is 0.287 e. The number of amides is 2. The Kier molecular flexibility index (Phi) is 5.35. The Morgan fingerprint density at radius 1 is 1.06 bits per heavy atom. The molecular formula is C24H22FN3O3S. The second-order valence-electron chi connectivity index (χ2n) is 8.20. The Hall–Kier alpha value is -2.97. The summed E-state index contributed by atoms with van der Waals surface area (Å²) in [6, 6.07) is 13.5. The van der Waals surface area contributed by atoms with Crippen molar-refractivity contribution in [2.45, 2.75) is 32.6 Å². The fourth-order valence-electron chi connectivity index (χ4n) is 4.35. The number of carbonyl (C=O) groups excluding carboxylic acids is 2. The second-order valence-corrected chi connectivity index (χ2v) is 9.18. The number of benzene rings is 2. The number of nitrogens with zero attached hydrogens (tertiary/aromatic N) is 3. The van der Waals surface area contributed by atoms with Gasteiger partial charge in [-0.15, -0.1) is 0 Å². The van der Waals surface area contributed by atoms with Crippen LogP contribution in [0.15, 0.2) is 58.4 Å². The molecule has 1 saturated heterocycles. The van der Waals surface area contributed by atoms with E-state index in [0.29, 0.717) is 28.7 Å². The topological polar surface area (TPSA) is 62.2 Å². The first-order valence-electron chi connectivity index (χ1n) is 10.5. The van der Waals surface area contributed by atoms with Crippen LogP contribution in [0.25, 0.3) is 5.57 Å². The van der Waals surface area contributed by atoms with E-state index in [0.717, 1.165) is 16.8 Å². The Morgan fingerprint density at radius 3 is 2.47 bits per heavy atom. The zero-order chi connectivity index (χ0) is 22.4. The molecule has 2 aromatic rings. The van der Waals surface area contributed by atoms with E-state index in [-0.39, 0.29) is 30.5 Å². The van der Waals surface area contributed by atoms with Gasteiger partial charge in [-0.1, -0.05) is 30.3 Å². The van der Waals surface area contributed by atoms with Crippen LogP contribution >= 0.6 is 11.8 Å². The van der Waals surface area contributed by atoms with E-state index in [2.05, 4.69) is 9.89 Å². The van der Waals surface area contributed by atoms with Crippen LogP contribution in [-0.4, -0.2) is 47.2 Å². The van der Waals surface area contributed by atoms with E-state index in [9.17, 15) is 14.0 Å². The average Bonchev–Trinajstić information content (AvgIpc) is 3.26. The minimum absolute atomic E-state index is 0.0360. The molecule has 3 heterocycles. The summed E-state index contributed by atoms with van der Waals surface area (Å²) in [5.41, 5.74) is 2.64. The van der Waals surface area contributed by atoms with Crippen molar-refractivity contribution in [3.05, 3.63) is 70.4 Å². The molecular weight excluding hydrogens is 429 g/mol. The molecule has 2 amide bonds. The minimum Gasteiger partial charge on any atom is -0.372 e. The SMILES string of the molecule is C[C@@H]1CN(C2=NC(=O)/C(=C3/C(=O)N(Cc4ccc(F)cc4)c4ccccc43)S2)C[C@H](C)O1. The monoisotopic (exact) mass is 451 g/mol. The number of hydrogen-bond donors (Lipinski definition) is 0. The highest BCUT2D eigenvalue weighted by atomic mass is 32.2. The molecule has 3 aliphatic heterocycles. The zero-order valence-electron chi connectivity index (χ0n) is 17.7. The first-order valence-corrected chi connectivity index (χ1v) is 11.3. The number of aliphatic imine (C=N–C) groups is 1. The van der Waals surface area contributed by atoms with Crippen molar-refractivity contribution in [3.8, 4) is 0 Å². The number of rotatable bonds is 2. The highest BCUT2D eigenvalue weighted by Gasteiger charge is 2.40. The lowest BCUT2D eigenvalue weighted by molar-refractivity contribution is -0.115. The van der Waals surface area contributed by atoms with Crippen LogP contribution in [-0.2, 0) is 20.9 Å². The van der Waals surface area contributed by atoms with Crippen molar-refractivity contribution in [1.82, 2.24) is 4.90 Å². The minimum atomic E-state index is -0.390. The fraction of sp³-hybridized carbons (Fsp3) is 0.292. The van der Waals surface area contributed by atoms with Gasteiger partial charge in [-0.25, -0.2) is 4.39 Å². The van der Waals surface area contributed by atoms with E-state index in [1.807, 2.05) is 38.1 Å². The van der Waals surface area contributed by atoms with Gasteiger partial charge in [0.1, 0.15) is 5.82 Å². The summed E-state index contributed by atoms with van der Waals surface area (Å²) in [4.78, 5) is 34.7. The summed E-state index contributed by atoms with van der Waals surface area (Å²) >= 11 is 1.26. The molecule has 1 fully saturated rings. The number of hydrogen-bond acceptors (Lipinski definition) is 5. The summed E-state index contributed by atoms with van der Waals surface area (Å²) < 4.78 is 19.1. The van der Waals surface area contributed by atoms with Crippen molar-refractivity contribution >= 4 is 40.0 Å². The summed E-state index contributed by atoms with van der Waals surface area (Å²) in [6.45, 7) is 5.57. The van der Waals surface area contributed by atoms with Gasteiger partial charge < -0.3 is 14.5 Å². The Bertz CT molecular complexity index is 1150. The first-order chi connectivity index (χ1) is 15.4. The van der Waals surface area contributed by atoms with Crippen LogP contribution in [0.4, 0.5) is 10.1 Å². The Balaban J connectivity index is 1.47. The number of ether oxygens (including phenoxy) is 1. The molecule has 8 heteroatoms. The highest BCUT2D eigenvalue weighted by Crippen LogP contribution is 2.44. The molecule has 0 N–H and O–H groups in total. The number of morpholine rings is 1. The third-order valence-corrected chi connectivity index (χ3v) is 6.79. The molecule has 6 nitrogen and oxygen atoms in total. The molecule has 0 aliphatic carbocycles. The third-order valence-electron chi connectivity index (χ3n) is 5.68. The summed E-state index contributed by atoms with van der Waals surface area (Å²) in [5, 5.41) is 0.613. The number of para-hydroxylation sites is 1. The zero-order valence-corrected chi connectivity index (χ0v) is 18.6. The lowest BCUT2D eigenvalue weighted by Gasteiger charge is -2.35. The number of thioether (sulfide) groups is 1. The molecule has 0 aromatic heterocycles. The van der Waals surface area contributed by atoms with Crippen LogP contribution < -0.4 is 4.90 Å². The predicted molar refractivity (Wildman–Crippen MR) is 123 cm³/mol. The molecule has 32 heavy (non-hydrogen) atoms. The van der Waals surface area contributed by atoms with Gasteiger partial charge in [-0.05, 0) is 49.4 Å². The maximum Gasteiger partial charge on any atom is 0.287 e. The van der Waals surface area contributed by atoms with Gasteiger partial charge in [-0.2, -0.15) is 4.99 Å². The van der Waals surface area contributed by atoms with Gasteiger partial charge in [0, 0.05) is 18.7 Å². The van der Waals surface area contributed by atoms with Crippen LogP contribution in [0, 0.1) is 5.82 Å². The first kappa shape index (κ1) is 20.9. The molecule has 0 bridgehead atoms. The molecule has 3 aliphatic rings. The maximum absolute atomic E-state index is 13.5. The van der Waals surface area contributed by atoms with Gasteiger partial charge in [0.2, 0.25) is 0 Å². The number of anilines is 1.